The highest BCUT2D eigenvalue weighted by Crippen LogP contribution is 2.31. The van der Waals surface area contributed by atoms with Crippen molar-refractivity contribution in [2.24, 2.45) is 0 Å². The van der Waals surface area contributed by atoms with E-state index in [0.29, 0.717) is 26.2 Å². The minimum absolute atomic E-state index is 0.163. The van der Waals surface area contributed by atoms with Crippen LogP contribution in [0, 0.1) is 0 Å². The highest BCUT2D eigenvalue weighted by atomic mass is 16.6. The first-order valence-corrected chi connectivity index (χ1v) is 8.03. The fourth-order valence-corrected chi connectivity index (χ4v) is 3.19. The molecule has 0 saturated carbocycles. The van der Waals surface area contributed by atoms with Crippen LogP contribution in [-0.4, -0.2) is 30.6 Å². The van der Waals surface area contributed by atoms with Gasteiger partial charge in [0.25, 0.3) is 0 Å². The SMILES string of the molecule is O=C(Cc1ccc2c(c1)OCCO2)N1CCc2ccccc2C1. The highest BCUT2D eigenvalue weighted by Gasteiger charge is 2.21. The summed E-state index contributed by atoms with van der Waals surface area (Å²) in [5.74, 6) is 1.67. The van der Waals surface area contributed by atoms with Crippen LogP contribution in [0.4, 0.5) is 0 Å². The number of rotatable bonds is 2. The summed E-state index contributed by atoms with van der Waals surface area (Å²) >= 11 is 0. The fourth-order valence-electron chi connectivity index (χ4n) is 3.19. The van der Waals surface area contributed by atoms with Gasteiger partial charge in [-0.1, -0.05) is 30.3 Å². The third-order valence-corrected chi connectivity index (χ3v) is 4.45. The number of nitrogens with zero attached hydrogens (tertiary/aromatic N) is 1. The summed E-state index contributed by atoms with van der Waals surface area (Å²) in [5, 5.41) is 0. The topological polar surface area (TPSA) is 38.8 Å². The zero-order valence-corrected chi connectivity index (χ0v) is 13.0. The smallest absolute Gasteiger partial charge is 0.227 e. The van der Waals surface area contributed by atoms with Crippen molar-refractivity contribution in [1.29, 1.82) is 0 Å². The Morgan fingerprint density at radius 1 is 1.00 bits per heavy atom. The van der Waals surface area contributed by atoms with Crippen LogP contribution in [0.2, 0.25) is 0 Å². The predicted octanol–water partition coefficient (Wildman–Crippen LogP) is 2.59. The summed E-state index contributed by atoms with van der Waals surface area (Å²) in [6, 6.07) is 14.1. The average Bonchev–Trinajstić information content (AvgIpc) is 2.61. The zero-order chi connectivity index (χ0) is 15.6. The Morgan fingerprint density at radius 2 is 1.78 bits per heavy atom. The van der Waals surface area contributed by atoms with E-state index in [1.165, 1.54) is 11.1 Å². The van der Waals surface area contributed by atoms with Gasteiger partial charge in [-0.15, -0.1) is 0 Å². The van der Waals surface area contributed by atoms with Gasteiger partial charge in [-0.05, 0) is 35.2 Å². The van der Waals surface area contributed by atoms with E-state index in [1.54, 1.807) is 0 Å². The van der Waals surface area contributed by atoms with Crippen LogP contribution in [-0.2, 0) is 24.2 Å². The van der Waals surface area contributed by atoms with Crippen LogP contribution in [0.1, 0.15) is 16.7 Å². The van der Waals surface area contributed by atoms with Crippen molar-refractivity contribution in [3.63, 3.8) is 0 Å². The van der Waals surface area contributed by atoms with Gasteiger partial charge < -0.3 is 14.4 Å². The molecule has 0 aromatic heterocycles. The first-order valence-electron chi connectivity index (χ1n) is 8.03. The van der Waals surface area contributed by atoms with Crippen LogP contribution in [0.25, 0.3) is 0 Å². The standard InChI is InChI=1S/C19H19NO3/c21-19(20-8-7-15-3-1-2-4-16(15)13-20)12-14-5-6-17-18(11-14)23-10-9-22-17/h1-6,11H,7-10,12-13H2. The lowest BCUT2D eigenvalue weighted by Gasteiger charge is -2.29. The number of hydrogen-bond acceptors (Lipinski definition) is 3. The van der Waals surface area contributed by atoms with Gasteiger partial charge in [0.2, 0.25) is 5.91 Å². The van der Waals surface area contributed by atoms with Crippen LogP contribution >= 0.6 is 0 Å². The lowest BCUT2D eigenvalue weighted by atomic mass is 9.99. The molecule has 0 bridgehead atoms. The molecule has 2 aromatic rings. The van der Waals surface area contributed by atoms with E-state index >= 15 is 0 Å². The lowest BCUT2D eigenvalue weighted by Crippen LogP contribution is -2.36. The quantitative estimate of drug-likeness (QED) is 0.856. The van der Waals surface area contributed by atoms with Gasteiger partial charge in [-0.2, -0.15) is 0 Å². The molecule has 23 heavy (non-hydrogen) atoms. The largest absolute Gasteiger partial charge is 0.486 e. The molecule has 0 fully saturated rings. The van der Waals surface area contributed by atoms with Gasteiger partial charge in [-0.25, -0.2) is 0 Å². The second kappa shape index (κ2) is 5.95. The Morgan fingerprint density at radius 3 is 2.65 bits per heavy atom. The first-order chi connectivity index (χ1) is 11.3. The van der Waals surface area contributed by atoms with Crippen LogP contribution in [0.5, 0.6) is 11.5 Å². The van der Waals surface area contributed by atoms with E-state index in [0.717, 1.165) is 30.0 Å². The van der Waals surface area contributed by atoms with Crippen LogP contribution in [0.15, 0.2) is 42.5 Å². The number of carbonyl (C=O) groups is 1. The van der Waals surface area contributed by atoms with Gasteiger partial charge in [0.15, 0.2) is 11.5 Å². The number of carbonyl (C=O) groups excluding carboxylic acids is 1. The maximum Gasteiger partial charge on any atom is 0.227 e. The van der Waals surface area contributed by atoms with Crippen molar-refractivity contribution in [2.75, 3.05) is 19.8 Å². The molecule has 0 radical (unpaired) electrons. The molecule has 1 amide bonds. The molecular weight excluding hydrogens is 290 g/mol. The molecule has 2 aliphatic heterocycles. The summed E-state index contributed by atoms with van der Waals surface area (Å²) < 4.78 is 11.1. The van der Waals surface area contributed by atoms with Crippen molar-refractivity contribution in [3.05, 3.63) is 59.2 Å². The number of ether oxygens (including phenoxy) is 2. The highest BCUT2D eigenvalue weighted by molar-refractivity contribution is 5.79. The molecular formula is C19H19NO3. The minimum atomic E-state index is 0.163. The summed E-state index contributed by atoms with van der Waals surface area (Å²) in [6.45, 7) is 2.64. The van der Waals surface area contributed by atoms with Crippen molar-refractivity contribution in [3.8, 4) is 11.5 Å². The second-order valence-electron chi connectivity index (χ2n) is 5.99. The molecule has 0 spiro atoms. The number of benzene rings is 2. The van der Waals surface area contributed by atoms with Crippen molar-refractivity contribution in [1.82, 2.24) is 4.90 Å². The Kier molecular flexibility index (Phi) is 3.66. The minimum Gasteiger partial charge on any atom is -0.486 e. The normalized spacial score (nSPS) is 15.9. The maximum absolute atomic E-state index is 12.6. The molecule has 118 valence electrons. The van der Waals surface area contributed by atoms with E-state index in [4.69, 9.17) is 9.47 Å². The monoisotopic (exact) mass is 309 g/mol. The maximum atomic E-state index is 12.6. The van der Waals surface area contributed by atoms with E-state index in [-0.39, 0.29) is 5.91 Å². The third kappa shape index (κ3) is 2.89. The molecule has 4 heteroatoms. The molecule has 0 N–H and O–H groups in total. The van der Waals surface area contributed by atoms with E-state index < -0.39 is 0 Å². The van der Waals surface area contributed by atoms with Gasteiger partial charge >= 0.3 is 0 Å². The van der Waals surface area contributed by atoms with Crippen LogP contribution < -0.4 is 9.47 Å². The summed E-state index contributed by atoms with van der Waals surface area (Å²) in [4.78, 5) is 14.5. The summed E-state index contributed by atoms with van der Waals surface area (Å²) in [5.41, 5.74) is 3.59. The molecule has 0 unspecified atom stereocenters. The molecule has 0 saturated heterocycles. The predicted molar refractivity (Wildman–Crippen MR) is 86.7 cm³/mol. The molecule has 0 aliphatic carbocycles. The van der Waals surface area contributed by atoms with Gasteiger partial charge in [0.05, 0.1) is 6.42 Å². The zero-order valence-electron chi connectivity index (χ0n) is 13.0. The Balaban J connectivity index is 1.46. The molecule has 4 nitrogen and oxygen atoms in total. The molecule has 2 aliphatic rings. The summed E-state index contributed by atoms with van der Waals surface area (Å²) in [7, 11) is 0. The lowest BCUT2D eigenvalue weighted by molar-refractivity contribution is -0.131. The Bertz CT molecular complexity index is 741. The summed E-state index contributed by atoms with van der Waals surface area (Å²) in [6.07, 6.45) is 1.34. The van der Waals surface area contributed by atoms with Gasteiger partial charge in [0.1, 0.15) is 13.2 Å². The van der Waals surface area contributed by atoms with Crippen molar-refractivity contribution < 1.29 is 14.3 Å². The second-order valence-corrected chi connectivity index (χ2v) is 5.99. The molecule has 4 rings (SSSR count). The molecule has 2 heterocycles. The van der Waals surface area contributed by atoms with Crippen molar-refractivity contribution in [2.45, 2.75) is 19.4 Å². The average molecular weight is 309 g/mol. The van der Waals surface area contributed by atoms with E-state index in [9.17, 15) is 4.79 Å². The Hall–Kier alpha value is -2.49. The van der Waals surface area contributed by atoms with Crippen LogP contribution in [0.3, 0.4) is 0 Å². The fraction of sp³-hybridized carbons (Fsp3) is 0.316. The molecule has 2 aromatic carbocycles. The van der Waals surface area contributed by atoms with E-state index in [2.05, 4.69) is 18.2 Å². The number of fused-ring (bicyclic) bond motifs is 2. The van der Waals surface area contributed by atoms with Gasteiger partial charge in [-0.3, -0.25) is 4.79 Å². The number of amides is 1. The number of hydrogen-bond donors (Lipinski definition) is 0. The third-order valence-electron chi connectivity index (χ3n) is 4.45. The van der Waals surface area contributed by atoms with Crippen molar-refractivity contribution >= 4 is 5.91 Å². The van der Waals surface area contributed by atoms with E-state index in [1.807, 2.05) is 29.2 Å². The first kappa shape index (κ1) is 14.1. The van der Waals surface area contributed by atoms with Gasteiger partial charge in [0, 0.05) is 13.1 Å². The molecule has 0 atom stereocenters. The Labute approximate surface area is 135 Å².